The Morgan fingerprint density at radius 2 is 0.962 bits per heavy atom. The fourth-order valence-electron chi connectivity index (χ4n) is 2.88. The van der Waals surface area contributed by atoms with Gasteiger partial charge in [0.25, 0.3) is 20.2 Å². The quantitative estimate of drug-likeness (QED) is 0.687. The third-order valence-electron chi connectivity index (χ3n) is 4.11. The normalized spacial score (nSPS) is 12.5. The van der Waals surface area contributed by atoms with E-state index in [0.717, 1.165) is 0 Å². The summed E-state index contributed by atoms with van der Waals surface area (Å²) in [5, 5.41) is -0.237. The predicted octanol–water partition coefficient (Wildman–Crippen LogP) is 4.39. The van der Waals surface area contributed by atoms with Gasteiger partial charge in [-0.05, 0) is 73.2 Å². The molecule has 0 unspecified atom stereocenters. The van der Waals surface area contributed by atoms with Crippen LogP contribution in [0.15, 0.2) is 21.9 Å². The van der Waals surface area contributed by atoms with Crippen LogP contribution >= 0.6 is 23.2 Å². The van der Waals surface area contributed by atoms with Crippen LogP contribution in [0.1, 0.15) is 22.3 Å². The lowest BCUT2D eigenvalue weighted by atomic mass is 9.93. The average Bonchev–Trinajstić information content (AvgIpc) is 2.44. The van der Waals surface area contributed by atoms with E-state index in [2.05, 4.69) is 0 Å². The van der Waals surface area contributed by atoms with Gasteiger partial charge in [-0.3, -0.25) is 9.11 Å². The van der Waals surface area contributed by atoms with Crippen molar-refractivity contribution in [3.63, 3.8) is 0 Å². The topological polar surface area (TPSA) is 109 Å². The minimum absolute atomic E-state index is 0.118. The minimum Gasteiger partial charge on any atom is -0.282 e. The second kappa shape index (κ2) is 6.78. The first kappa shape index (κ1) is 21.1. The summed E-state index contributed by atoms with van der Waals surface area (Å²) < 4.78 is 66.1. The van der Waals surface area contributed by atoms with E-state index in [1.54, 1.807) is 26.0 Å². The molecule has 142 valence electrons. The van der Waals surface area contributed by atoms with E-state index in [9.17, 15) is 25.9 Å². The van der Waals surface area contributed by atoms with Crippen LogP contribution in [0.2, 0.25) is 10.0 Å². The van der Waals surface area contributed by atoms with Crippen LogP contribution in [-0.4, -0.2) is 25.9 Å². The largest absolute Gasteiger partial charge is 0.296 e. The predicted molar refractivity (Wildman–Crippen MR) is 100 cm³/mol. The summed E-state index contributed by atoms with van der Waals surface area (Å²) in [7, 11) is -9.22. The lowest BCUT2D eigenvalue weighted by molar-refractivity contribution is 0.480. The summed E-state index contributed by atoms with van der Waals surface area (Å²) in [6.07, 6.45) is 0. The molecule has 0 aliphatic carbocycles. The van der Waals surface area contributed by atoms with Gasteiger partial charge in [0, 0.05) is 0 Å². The molecule has 0 saturated carbocycles. The van der Waals surface area contributed by atoms with Gasteiger partial charge in [-0.2, -0.15) is 16.8 Å². The second-order valence-electron chi connectivity index (χ2n) is 5.97. The molecule has 0 aliphatic rings. The Morgan fingerprint density at radius 1 is 0.692 bits per heavy atom. The highest BCUT2D eigenvalue weighted by atomic mass is 35.5. The van der Waals surface area contributed by atoms with Crippen LogP contribution in [-0.2, 0) is 20.2 Å². The number of halogens is 2. The lowest BCUT2D eigenvalue weighted by Gasteiger charge is -2.18. The number of rotatable bonds is 3. The third-order valence-corrected chi connectivity index (χ3v) is 7.36. The summed E-state index contributed by atoms with van der Waals surface area (Å²) in [5.74, 6) is 0. The molecule has 0 spiro atoms. The summed E-state index contributed by atoms with van der Waals surface area (Å²) >= 11 is 12.1. The summed E-state index contributed by atoms with van der Waals surface area (Å²) in [4.78, 5) is -0.899. The first-order chi connectivity index (χ1) is 11.7. The molecule has 0 aliphatic heterocycles. The molecule has 10 heteroatoms. The van der Waals surface area contributed by atoms with Crippen molar-refractivity contribution in [2.24, 2.45) is 0 Å². The second-order valence-corrected chi connectivity index (χ2v) is 9.44. The molecule has 2 N–H and O–H groups in total. The summed E-state index contributed by atoms with van der Waals surface area (Å²) in [5.41, 5.74) is 1.74. The van der Waals surface area contributed by atoms with Crippen molar-refractivity contribution in [3.05, 3.63) is 44.4 Å². The van der Waals surface area contributed by atoms with Crippen molar-refractivity contribution in [3.8, 4) is 11.1 Å². The van der Waals surface area contributed by atoms with Crippen molar-refractivity contribution in [1.29, 1.82) is 0 Å². The summed E-state index contributed by atoms with van der Waals surface area (Å²) in [6.45, 7) is 6.00. The Labute approximate surface area is 162 Å². The molecule has 26 heavy (non-hydrogen) atoms. The van der Waals surface area contributed by atoms with Gasteiger partial charge < -0.3 is 0 Å². The number of hydrogen-bond acceptors (Lipinski definition) is 4. The Balaban J connectivity index is 3.05. The molecule has 0 amide bonds. The van der Waals surface area contributed by atoms with Crippen molar-refractivity contribution in [1.82, 2.24) is 0 Å². The molecule has 2 aromatic rings. The highest BCUT2D eigenvalue weighted by Gasteiger charge is 2.27. The molecular weight excluding hydrogens is 423 g/mol. The van der Waals surface area contributed by atoms with Gasteiger partial charge in [0.15, 0.2) is 0 Å². The Hall–Kier alpha value is -1.16. The minimum atomic E-state index is -4.61. The van der Waals surface area contributed by atoms with Crippen LogP contribution in [0.25, 0.3) is 11.1 Å². The monoisotopic (exact) mass is 438 g/mol. The average molecular weight is 439 g/mol. The standard InChI is InChI=1S/C16H16Cl2O6S2/c1-7-5-11(9(3)15(13(7)17)25(19,20)21)12-6-8(2)14(18)16(10(12)4)26(22,23)24/h5-6H,1-4H3,(H,19,20,21)(H,22,23,24). The van der Waals surface area contributed by atoms with E-state index >= 15 is 0 Å². The van der Waals surface area contributed by atoms with E-state index in [1.807, 2.05) is 0 Å². The van der Waals surface area contributed by atoms with E-state index in [1.165, 1.54) is 13.8 Å². The maximum absolute atomic E-state index is 11.8. The van der Waals surface area contributed by atoms with Crippen LogP contribution in [0.5, 0.6) is 0 Å². The Morgan fingerprint density at radius 3 is 1.19 bits per heavy atom. The molecule has 2 aromatic carbocycles. The summed E-state index contributed by atoms with van der Waals surface area (Å²) in [6, 6.07) is 3.16. The smallest absolute Gasteiger partial charge is 0.282 e. The van der Waals surface area contributed by atoms with Crippen LogP contribution in [0.3, 0.4) is 0 Å². The maximum Gasteiger partial charge on any atom is 0.296 e. The van der Waals surface area contributed by atoms with Crippen LogP contribution in [0, 0.1) is 27.7 Å². The zero-order valence-electron chi connectivity index (χ0n) is 14.3. The van der Waals surface area contributed by atoms with Crippen LogP contribution in [0.4, 0.5) is 0 Å². The molecule has 0 atom stereocenters. The molecule has 0 aromatic heterocycles. The number of benzene rings is 2. The number of hydrogen-bond donors (Lipinski definition) is 2. The van der Waals surface area contributed by atoms with E-state index in [0.29, 0.717) is 22.3 Å². The van der Waals surface area contributed by atoms with Gasteiger partial charge in [-0.1, -0.05) is 23.2 Å². The number of aryl methyl sites for hydroxylation is 2. The van der Waals surface area contributed by atoms with E-state index in [-0.39, 0.29) is 21.2 Å². The molecule has 0 saturated heterocycles. The highest BCUT2D eigenvalue weighted by Crippen LogP contribution is 2.41. The van der Waals surface area contributed by atoms with Gasteiger partial charge >= 0.3 is 0 Å². The fourth-order valence-corrected chi connectivity index (χ4v) is 5.63. The molecule has 2 rings (SSSR count). The Bertz CT molecular complexity index is 1040. The van der Waals surface area contributed by atoms with Gasteiger partial charge in [0.05, 0.1) is 10.0 Å². The van der Waals surface area contributed by atoms with E-state index < -0.39 is 30.0 Å². The third kappa shape index (κ3) is 3.62. The van der Waals surface area contributed by atoms with E-state index in [4.69, 9.17) is 23.2 Å². The molecule has 0 heterocycles. The SMILES string of the molecule is Cc1cc(-c2cc(C)c(Cl)c(S(=O)(=O)O)c2C)c(C)c(S(=O)(=O)O)c1Cl. The van der Waals surface area contributed by atoms with Crippen molar-refractivity contribution >= 4 is 43.4 Å². The van der Waals surface area contributed by atoms with Crippen molar-refractivity contribution < 1.29 is 25.9 Å². The Kier molecular flexibility index (Phi) is 5.51. The van der Waals surface area contributed by atoms with Gasteiger partial charge in [0.1, 0.15) is 9.79 Å². The van der Waals surface area contributed by atoms with Crippen LogP contribution < -0.4 is 0 Å². The van der Waals surface area contributed by atoms with Gasteiger partial charge in [0.2, 0.25) is 0 Å². The molecule has 0 radical (unpaired) electrons. The zero-order valence-corrected chi connectivity index (χ0v) is 17.4. The zero-order chi connectivity index (χ0) is 20.2. The van der Waals surface area contributed by atoms with Gasteiger partial charge in [-0.15, -0.1) is 0 Å². The van der Waals surface area contributed by atoms with Crippen molar-refractivity contribution in [2.75, 3.05) is 0 Å². The molecular formula is C16H16Cl2O6S2. The van der Waals surface area contributed by atoms with Crippen molar-refractivity contribution in [2.45, 2.75) is 37.5 Å². The lowest BCUT2D eigenvalue weighted by Crippen LogP contribution is -2.08. The maximum atomic E-state index is 11.8. The molecule has 0 bridgehead atoms. The first-order valence-electron chi connectivity index (χ1n) is 7.22. The fraction of sp³-hybridized carbons (Fsp3) is 0.250. The molecule has 0 fully saturated rings. The highest BCUT2D eigenvalue weighted by molar-refractivity contribution is 7.86. The van der Waals surface area contributed by atoms with Gasteiger partial charge in [-0.25, -0.2) is 0 Å². The first-order valence-corrected chi connectivity index (χ1v) is 10.9. The molecule has 6 nitrogen and oxygen atoms in total.